The van der Waals surface area contributed by atoms with Crippen LogP contribution >= 0.6 is 0 Å². The normalized spacial score (nSPS) is 16.4. The van der Waals surface area contributed by atoms with Gasteiger partial charge in [-0.15, -0.1) is 0 Å². The third-order valence-electron chi connectivity index (χ3n) is 4.05. The van der Waals surface area contributed by atoms with Crippen LogP contribution in [0.4, 0.5) is 0 Å². The number of ether oxygens (including phenoxy) is 1. The maximum Gasteiger partial charge on any atom is 0.337 e. The SMILES string of the molecule is CCn1cc(CN2CCOCC2)c2cccc(C(=O)O)c21. The third kappa shape index (κ3) is 2.66. The molecule has 112 valence electrons. The Bertz CT molecular complexity index is 657. The zero-order valence-corrected chi connectivity index (χ0v) is 12.2. The summed E-state index contributed by atoms with van der Waals surface area (Å²) in [5.74, 6) is -0.869. The van der Waals surface area contributed by atoms with Gasteiger partial charge >= 0.3 is 5.97 Å². The molecule has 0 radical (unpaired) electrons. The second-order valence-corrected chi connectivity index (χ2v) is 5.34. The van der Waals surface area contributed by atoms with Crippen LogP contribution in [0.1, 0.15) is 22.8 Å². The van der Waals surface area contributed by atoms with Gasteiger partial charge in [0, 0.05) is 37.8 Å². The number of benzene rings is 1. The molecule has 1 saturated heterocycles. The van der Waals surface area contributed by atoms with Gasteiger partial charge in [-0.1, -0.05) is 12.1 Å². The van der Waals surface area contributed by atoms with E-state index in [1.807, 2.05) is 23.6 Å². The first-order chi connectivity index (χ1) is 10.2. The summed E-state index contributed by atoms with van der Waals surface area (Å²) in [5, 5.41) is 10.4. The van der Waals surface area contributed by atoms with Crippen molar-refractivity contribution in [2.45, 2.75) is 20.0 Å². The first-order valence-corrected chi connectivity index (χ1v) is 7.35. The van der Waals surface area contributed by atoms with Crippen LogP contribution in [0, 0.1) is 0 Å². The molecule has 2 heterocycles. The zero-order chi connectivity index (χ0) is 14.8. The highest BCUT2D eigenvalue weighted by Gasteiger charge is 2.18. The fourth-order valence-electron chi connectivity index (χ4n) is 2.98. The topological polar surface area (TPSA) is 54.7 Å². The molecule has 2 aromatic rings. The first kappa shape index (κ1) is 14.1. The second-order valence-electron chi connectivity index (χ2n) is 5.34. The molecule has 1 aromatic carbocycles. The van der Waals surface area contributed by atoms with Crippen LogP contribution in [-0.4, -0.2) is 46.8 Å². The summed E-state index contributed by atoms with van der Waals surface area (Å²) >= 11 is 0. The van der Waals surface area contributed by atoms with Crippen molar-refractivity contribution in [2.75, 3.05) is 26.3 Å². The van der Waals surface area contributed by atoms with E-state index in [2.05, 4.69) is 11.1 Å². The summed E-state index contributed by atoms with van der Waals surface area (Å²) in [6, 6.07) is 5.52. The summed E-state index contributed by atoms with van der Waals surface area (Å²) in [7, 11) is 0. The van der Waals surface area contributed by atoms with Gasteiger partial charge in [-0.25, -0.2) is 4.79 Å². The number of nitrogens with zero attached hydrogens (tertiary/aromatic N) is 2. The quantitative estimate of drug-likeness (QED) is 0.937. The van der Waals surface area contributed by atoms with Crippen molar-refractivity contribution in [2.24, 2.45) is 0 Å². The lowest BCUT2D eigenvalue weighted by atomic mass is 10.1. The molecule has 0 atom stereocenters. The van der Waals surface area contributed by atoms with Crippen molar-refractivity contribution < 1.29 is 14.6 Å². The van der Waals surface area contributed by atoms with Crippen molar-refractivity contribution in [3.8, 4) is 0 Å². The molecule has 0 amide bonds. The minimum absolute atomic E-state index is 0.377. The van der Waals surface area contributed by atoms with Crippen molar-refractivity contribution in [1.29, 1.82) is 0 Å². The van der Waals surface area contributed by atoms with Gasteiger partial charge in [-0.3, -0.25) is 4.90 Å². The molecule has 0 bridgehead atoms. The minimum atomic E-state index is -0.869. The number of carboxylic acid groups (broad SMARTS) is 1. The van der Waals surface area contributed by atoms with Crippen LogP contribution in [0.15, 0.2) is 24.4 Å². The van der Waals surface area contributed by atoms with Gasteiger partial charge in [-0.05, 0) is 18.6 Å². The standard InChI is InChI=1S/C16H20N2O3/c1-2-18-11-12(10-17-6-8-21-9-7-17)13-4-3-5-14(15(13)18)16(19)20/h3-5,11H,2,6-10H2,1H3,(H,19,20). The highest BCUT2D eigenvalue weighted by molar-refractivity contribution is 6.03. The summed E-state index contributed by atoms with van der Waals surface area (Å²) in [4.78, 5) is 13.8. The van der Waals surface area contributed by atoms with Gasteiger partial charge in [0.15, 0.2) is 0 Å². The average molecular weight is 288 g/mol. The smallest absolute Gasteiger partial charge is 0.337 e. The Morgan fingerprint density at radius 3 is 2.76 bits per heavy atom. The Kier molecular flexibility index (Phi) is 3.94. The highest BCUT2D eigenvalue weighted by atomic mass is 16.5. The van der Waals surface area contributed by atoms with Crippen LogP contribution < -0.4 is 0 Å². The largest absolute Gasteiger partial charge is 0.478 e. The minimum Gasteiger partial charge on any atom is -0.478 e. The number of aryl methyl sites for hydroxylation is 1. The molecular formula is C16H20N2O3. The third-order valence-corrected chi connectivity index (χ3v) is 4.05. The molecule has 21 heavy (non-hydrogen) atoms. The summed E-state index contributed by atoms with van der Waals surface area (Å²) in [6.45, 7) is 7.05. The molecule has 5 heteroatoms. The monoisotopic (exact) mass is 288 g/mol. The number of hydrogen-bond donors (Lipinski definition) is 1. The van der Waals surface area contributed by atoms with Crippen molar-refractivity contribution in [1.82, 2.24) is 9.47 Å². The van der Waals surface area contributed by atoms with E-state index in [1.54, 1.807) is 6.07 Å². The van der Waals surface area contributed by atoms with Crippen LogP contribution in [0.2, 0.25) is 0 Å². The number of morpholine rings is 1. The molecular weight excluding hydrogens is 268 g/mol. The number of carbonyl (C=O) groups is 1. The fraction of sp³-hybridized carbons (Fsp3) is 0.438. The highest BCUT2D eigenvalue weighted by Crippen LogP contribution is 2.26. The van der Waals surface area contributed by atoms with Gasteiger partial charge in [0.1, 0.15) is 0 Å². The number of carboxylic acids is 1. The molecule has 5 nitrogen and oxygen atoms in total. The maximum absolute atomic E-state index is 11.4. The van der Waals surface area contributed by atoms with Crippen LogP contribution in [-0.2, 0) is 17.8 Å². The molecule has 3 rings (SSSR count). The maximum atomic E-state index is 11.4. The van der Waals surface area contributed by atoms with Gasteiger partial charge in [0.2, 0.25) is 0 Å². The number of fused-ring (bicyclic) bond motifs is 1. The Balaban J connectivity index is 2.03. The van der Waals surface area contributed by atoms with E-state index in [0.29, 0.717) is 5.56 Å². The number of aromatic nitrogens is 1. The summed E-state index contributed by atoms with van der Waals surface area (Å²) < 4.78 is 7.41. The van der Waals surface area contributed by atoms with Crippen LogP contribution in [0.5, 0.6) is 0 Å². The van der Waals surface area contributed by atoms with E-state index in [0.717, 1.165) is 50.3 Å². The van der Waals surface area contributed by atoms with E-state index in [9.17, 15) is 9.90 Å². The Morgan fingerprint density at radius 2 is 2.10 bits per heavy atom. The lowest BCUT2D eigenvalue weighted by Crippen LogP contribution is -2.35. The first-order valence-electron chi connectivity index (χ1n) is 7.35. The van der Waals surface area contributed by atoms with Gasteiger partial charge < -0.3 is 14.4 Å². The molecule has 0 aliphatic carbocycles. The van der Waals surface area contributed by atoms with E-state index in [4.69, 9.17) is 4.74 Å². The van der Waals surface area contributed by atoms with Crippen molar-refractivity contribution in [3.05, 3.63) is 35.5 Å². The fourth-order valence-corrected chi connectivity index (χ4v) is 2.98. The van der Waals surface area contributed by atoms with Gasteiger partial charge in [0.05, 0.1) is 24.3 Å². The number of hydrogen-bond acceptors (Lipinski definition) is 3. The molecule has 1 N–H and O–H groups in total. The van der Waals surface area contributed by atoms with Crippen LogP contribution in [0.3, 0.4) is 0 Å². The summed E-state index contributed by atoms with van der Waals surface area (Å²) in [5.41, 5.74) is 2.40. The van der Waals surface area contributed by atoms with E-state index in [1.165, 1.54) is 5.56 Å². The summed E-state index contributed by atoms with van der Waals surface area (Å²) in [6.07, 6.45) is 2.09. The predicted octanol–water partition coefficient (Wildman–Crippen LogP) is 2.19. The van der Waals surface area contributed by atoms with Gasteiger partial charge in [0.25, 0.3) is 0 Å². The number of para-hydroxylation sites is 1. The van der Waals surface area contributed by atoms with Crippen molar-refractivity contribution in [3.63, 3.8) is 0 Å². The van der Waals surface area contributed by atoms with E-state index in [-0.39, 0.29) is 0 Å². The molecule has 1 aliphatic heterocycles. The second kappa shape index (κ2) is 5.87. The lowest BCUT2D eigenvalue weighted by molar-refractivity contribution is 0.0343. The van der Waals surface area contributed by atoms with E-state index < -0.39 is 5.97 Å². The molecule has 1 aromatic heterocycles. The predicted molar refractivity (Wildman–Crippen MR) is 80.7 cm³/mol. The lowest BCUT2D eigenvalue weighted by Gasteiger charge is -2.26. The molecule has 1 aliphatic rings. The Labute approximate surface area is 123 Å². The van der Waals surface area contributed by atoms with Gasteiger partial charge in [-0.2, -0.15) is 0 Å². The zero-order valence-electron chi connectivity index (χ0n) is 12.2. The molecule has 0 unspecified atom stereocenters. The number of aromatic carboxylic acids is 1. The van der Waals surface area contributed by atoms with E-state index >= 15 is 0 Å². The molecule has 0 saturated carbocycles. The average Bonchev–Trinajstić information content (AvgIpc) is 2.86. The van der Waals surface area contributed by atoms with Crippen LogP contribution in [0.25, 0.3) is 10.9 Å². The Hall–Kier alpha value is -1.85. The molecule has 0 spiro atoms. The Morgan fingerprint density at radius 1 is 1.33 bits per heavy atom. The molecule has 1 fully saturated rings. The number of rotatable bonds is 4. The van der Waals surface area contributed by atoms with Crippen molar-refractivity contribution >= 4 is 16.9 Å².